The Balaban J connectivity index is 1.16. The predicted molar refractivity (Wildman–Crippen MR) is 130 cm³/mol. The molecule has 0 spiro atoms. The van der Waals surface area contributed by atoms with Gasteiger partial charge in [0, 0.05) is 65.8 Å². The number of alkyl halides is 3. The monoisotopic (exact) mass is 502 g/mol. The van der Waals surface area contributed by atoms with Gasteiger partial charge in [-0.25, -0.2) is 0 Å². The highest BCUT2D eigenvalue weighted by molar-refractivity contribution is 5.83. The Bertz CT molecular complexity index is 1310. The Labute approximate surface area is 210 Å². The van der Waals surface area contributed by atoms with Crippen LogP contribution in [0.5, 0.6) is 0 Å². The van der Waals surface area contributed by atoms with Gasteiger partial charge in [-0.15, -0.1) is 10.2 Å². The van der Waals surface area contributed by atoms with Gasteiger partial charge in [0.2, 0.25) is 0 Å². The van der Waals surface area contributed by atoms with Crippen LogP contribution >= 0.6 is 0 Å². The Kier molecular flexibility index (Phi) is 5.52. The molecule has 192 valence electrons. The SMILES string of the molecule is [2H]C([2H])(C1CCOCC1)N1C[C@H]2CC(Nc3nnc(-c4ccc5nn(C)cc5c4)cc3C(F)(F)F)C[C@H]2C1. The van der Waals surface area contributed by atoms with Gasteiger partial charge in [-0.2, -0.15) is 18.3 Å². The Hall–Kier alpha value is -2.72. The van der Waals surface area contributed by atoms with E-state index in [1.807, 2.05) is 4.90 Å². The second-order valence-electron chi connectivity index (χ2n) is 10.3. The van der Waals surface area contributed by atoms with Crippen molar-refractivity contribution in [2.75, 3.05) is 38.1 Å². The number of hydrogen-bond donors (Lipinski definition) is 1. The number of likely N-dealkylation sites (tertiary alicyclic amines) is 1. The summed E-state index contributed by atoms with van der Waals surface area (Å²) in [4.78, 5) is 1.95. The summed E-state index contributed by atoms with van der Waals surface area (Å²) < 4.78 is 66.8. The van der Waals surface area contributed by atoms with Gasteiger partial charge in [0.05, 0.1) is 11.2 Å². The largest absolute Gasteiger partial charge is 0.420 e. The molecule has 3 aromatic rings. The first kappa shape index (κ1) is 21.4. The average Bonchev–Trinajstić information content (AvgIpc) is 3.56. The van der Waals surface area contributed by atoms with E-state index in [0.717, 1.165) is 17.0 Å². The number of rotatable bonds is 5. The lowest BCUT2D eigenvalue weighted by molar-refractivity contribution is -0.137. The molecule has 2 aromatic heterocycles. The van der Waals surface area contributed by atoms with Gasteiger partial charge in [0.1, 0.15) is 5.56 Å². The first-order chi connectivity index (χ1) is 18.1. The summed E-state index contributed by atoms with van der Waals surface area (Å²) >= 11 is 0. The van der Waals surface area contributed by atoms with Crippen molar-refractivity contribution >= 4 is 16.7 Å². The molecule has 2 saturated heterocycles. The van der Waals surface area contributed by atoms with Gasteiger partial charge >= 0.3 is 6.18 Å². The normalized spacial score (nSPS) is 26.7. The number of benzene rings is 1. The lowest BCUT2D eigenvalue weighted by Crippen LogP contribution is -2.32. The molecule has 1 N–H and O–H groups in total. The minimum atomic E-state index is -4.59. The summed E-state index contributed by atoms with van der Waals surface area (Å²) in [5.74, 6) is 0.194. The predicted octanol–water partition coefficient (Wildman–Crippen LogP) is 4.60. The first-order valence-corrected chi connectivity index (χ1v) is 12.6. The summed E-state index contributed by atoms with van der Waals surface area (Å²) in [5, 5.41) is 16.3. The van der Waals surface area contributed by atoms with Crippen LogP contribution in [0.4, 0.5) is 19.0 Å². The molecule has 7 nitrogen and oxygen atoms in total. The van der Waals surface area contributed by atoms with Crippen molar-refractivity contribution in [2.45, 2.75) is 37.9 Å². The van der Waals surface area contributed by atoms with Gasteiger partial charge in [-0.3, -0.25) is 4.68 Å². The van der Waals surface area contributed by atoms with Crippen LogP contribution in [0, 0.1) is 17.8 Å². The lowest BCUT2D eigenvalue weighted by atomic mass is 10.00. The number of ether oxygens (including phenoxy) is 1. The fraction of sp³-hybridized carbons (Fsp3) is 0.577. The third kappa shape index (κ3) is 4.80. The van der Waals surface area contributed by atoms with Gasteiger partial charge < -0.3 is 15.0 Å². The molecule has 3 atom stereocenters. The lowest BCUT2D eigenvalue weighted by Gasteiger charge is -2.28. The van der Waals surface area contributed by atoms with E-state index >= 15 is 0 Å². The van der Waals surface area contributed by atoms with E-state index in [9.17, 15) is 13.2 Å². The van der Waals surface area contributed by atoms with Crippen LogP contribution in [0.2, 0.25) is 0 Å². The van der Waals surface area contributed by atoms with Crippen molar-refractivity contribution in [1.82, 2.24) is 24.9 Å². The number of nitrogens with one attached hydrogen (secondary N) is 1. The molecule has 3 fully saturated rings. The molecule has 1 saturated carbocycles. The zero-order valence-electron chi connectivity index (χ0n) is 22.1. The minimum absolute atomic E-state index is 0.0500. The molecule has 6 rings (SSSR count). The second kappa shape index (κ2) is 9.30. The fourth-order valence-corrected chi connectivity index (χ4v) is 5.97. The zero-order chi connectivity index (χ0) is 26.7. The molecule has 1 aliphatic carbocycles. The van der Waals surface area contributed by atoms with Gasteiger partial charge in [-0.1, -0.05) is 6.07 Å². The minimum Gasteiger partial charge on any atom is -0.381 e. The summed E-state index contributed by atoms with van der Waals surface area (Å²) in [6, 6.07) is 6.13. The number of aromatic nitrogens is 4. The maximum Gasteiger partial charge on any atom is 0.420 e. The third-order valence-electron chi connectivity index (χ3n) is 7.69. The second-order valence-corrected chi connectivity index (χ2v) is 10.3. The van der Waals surface area contributed by atoms with Crippen molar-refractivity contribution in [3.63, 3.8) is 0 Å². The van der Waals surface area contributed by atoms with Gasteiger partial charge in [0.25, 0.3) is 0 Å². The fourth-order valence-electron chi connectivity index (χ4n) is 5.97. The average molecular weight is 503 g/mol. The maximum atomic E-state index is 14.1. The van der Waals surface area contributed by atoms with Crippen LogP contribution in [-0.2, 0) is 18.0 Å². The number of fused-ring (bicyclic) bond motifs is 2. The van der Waals surface area contributed by atoms with Crippen LogP contribution in [0.3, 0.4) is 0 Å². The molecule has 0 radical (unpaired) electrons. The third-order valence-corrected chi connectivity index (χ3v) is 7.69. The number of halogens is 3. The van der Waals surface area contributed by atoms with Gasteiger partial charge in [-0.05, 0) is 61.6 Å². The quantitative estimate of drug-likeness (QED) is 0.550. The molecular formula is C26H31F3N6O. The van der Waals surface area contributed by atoms with Crippen molar-refractivity contribution in [3.05, 3.63) is 36.0 Å². The van der Waals surface area contributed by atoms with E-state index in [0.29, 0.717) is 57.6 Å². The van der Waals surface area contributed by atoms with Crippen LogP contribution < -0.4 is 5.32 Å². The Morgan fingerprint density at radius 2 is 1.86 bits per heavy atom. The van der Waals surface area contributed by atoms with Crippen molar-refractivity contribution in [2.24, 2.45) is 24.8 Å². The highest BCUT2D eigenvalue weighted by Crippen LogP contribution is 2.42. The molecule has 2 aliphatic heterocycles. The smallest absolute Gasteiger partial charge is 0.381 e. The maximum absolute atomic E-state index is 14.1. The summed E-state index contributed by atoms with van der Waals surface area (Å²) in [6.07, 6.45) is 0.0192. The van der Waals surface area contributed by atoms with Crippen molar-refractivity contribution in [3.8, 4) is 11.3 Å². The summed E-state index contributed by atoms with van der Waals surface area (Å²) in [7, 11) is 1.79. The van der Waals surface area contributed by atoms with Crippen LogP contribution in [-0.4, -0.2) is 63.7 Å². The molecule has 1 aromatic carbocycles. The summed E-state index contributed by atoms with van der Waals surface area (Å²) in [6.45, 7) is 1.05. The molecule has 10 heteroatoms. The molecule has 1 unspecified atom stereocenters. The van der Waals surface area contributed by atoms with Crippen LogP contribution in [0.25, 0.3) is 22.2 Å². The Morgan fingerprint density at radius 1 is 1.11 bits per heavy atom. The Morgan fingerprint density at radius 3 is 2.58 bits per heavy atom. The standard InChI is InChI=1S/C26H31F3N6O/c1-34-13-20-8-17(2-3-23(20)33-34)24-11-22(26(27,28)29)25(32-31-24)30-21-9-18-14-35(15-19(18)10-21)12-16-4-6-36-7-5-16/h2-3,8,11,13,16,18-19,21H,4-7,9-10,12,14-15H2,1H3,(H,30,32)/t18-,19+,21?/i12D2. The number of aryl methyl sites for hydroxylation is 1. The van der Waals surface area contributed by atoms with E-state index in [-0.39, 0.29) is 35.3 Å². The van der Waals surface area contributed by atoms with E-state index in [4.69, 9.17) is 7.48 Å². The van der Waals surface area contributed by atoms with E-state index in [1.54, 1.807) is 36.1 Å². The highest BCUT2D eigenvalue weighted by Gasteiger charge is 2.43. The summed E-state index contributed by atoms with van der Waals surface area (Å²) in [5.41, 5.74) is 0.625. The zero-order valence-corrected chi connectivity index (χ0v) is 20.1. The molecular weight excluding hydrogens is 469 g/mol. The number of anilines is 1. The van der Waals surface area contributed by atoms with Crippen molar-refractivity contribution < 1.29 is 20.6 Å². The van der Waals surface area contributed by atoms with Crippen molar-refractivity contribution in [1.29, 1.82) is 0 Å². The van der Waals surface area contributed by atoms with Gasteiger partial charge in [0.15, 0.2) is 5.82 Å². The molecule has 3 aliphatic rings. The van der Waals surface area contributed by atoms with E-state index in [1.165, 1.54) is 0 Å². The van der Waals surface area contributed by atoms with E-state index < -0.39 is 18.2 Å². The first-order valence-electron chi connectivity index (χ1n) is 13.6. The molecule has 4 heterocycles. The molecule has 0 amide bonds. The molecule has 36 heavy (non-hydrogen) atoms. The number of nitrogens with zero attached hydrogens (tertiary/aromatic N) is 5. The highest BCUT2D eigenvalue weighted by atomic mass is 19.4. The van der Waals surface area contributed by atoms with Crippen LogP contribution in [0.1, 0.15) is 34.0 Å². The topological polar surface area (TPSA) is 68.1 Å². The molecule has 0 bridgehead atoms. The van der Waals surface area contributed by atoms with E-state index in [2.05, 4.69) is 20.6 Å². The van der Waals surface area contributed by atoms with Crippen LogP contribution in [0.15, 0.2) is 30.5 Å². The number of hydrogen-bond acceptors (Lipinski definition) is 6.